The molecule has 1 aromatic heterocycles. The van der Waals surface area contributed by atoms with Gasteiger partial charge in [0.15, 0.2) is 5.96 Å². The molecular weight excluding hydrogens is 372 g/mol. The maximum absolute atomic E-state index is 12.7. The van der Waals surface area contributed by atoms with Crippen LogP contribution in [0.25, 0.3) is 0 Å². The van der Waals surface area contributed by atoms with Gasteiger partial charge in [0.25, 0.3) is 0 Å². The van der Waals surface area contributed by atoms with Crippen LogP contribution < -0.4 is 5.32 Å². The largest absolute Gasteiger partial charge is 0.357 e. The molecule has 0 spiro atoms. The predicted molar refractivity (Wildman–Crippen MR) is 115 cm³/mol. The SMILES string of the molecule is CCNC(=NCCc1csc(C)n1)N1CCN(C(C)C(=O)N2CCCC2)CC1. The molecule has 1 atom stereocenters. The highest BCUT2D eigenvalue weighted by Gasteiger charge is 2.30. The first-order chi connectivity index (χ1) is 13.6. The molecule has 1 N–H and O–H groups in total. The number of aliphatic imine (C=N–C) groups is 1. The Morgan fingerprint density at radius 3 is 2.54 bits per heavy atom. The van der Waals surface area contributed by atoms with Gasteiger partial charge in [0, 0.05) is 64.2 Å². The number of aromatic nitrogens is 1. The molecule has 8 heteroatoms. The van der Waals surface area contributed by atoms with Crippen LogP contribution in [0.4, 0.5) is 0 Å². The lowest BCUT2D eigenvalue weighted by atomic mass is 10.2. The predicted octanol–water partition coefficient (Wildman–Crippen LogP) is 1.59. The molecule has 156 valence electrons. The zero-order chi connectivity index (χ0) is 19.9. The Morgan fingerprint density at radius 2 is 1.93 bits per heavy atom. The molecular formula is C20H34N6OS. The summed E-state index contributed by atoms with van der Waals surface area (Å²) in [6.07, 6.45) is 3.17. The average Bonchev–Trinajstić information content (AvgIpc) is 3.38. The van der Waals surface area contributed by atoms with E-state index in [-0.39, 0.29) is 6.04 Å². The minimum absolute atomic E-state index is 0.0207. The summed E-state index contributed by atoms with van der Waals surface area (Å²) in [5.41, 5.74) is 1.13. The van der Waals surface area contributed by atoms with Gasteiger partial charge in [-0.1, -0.05) is 0 Å². The third-order valence-corrected chi connectivity index (χ3v) is 6.39. The van der Waals surface area contributed by atoms with Crippen LogP contribution in [0.3, 0.4) is 0 Å². The second-order valence-corrected chi connectivity index (χ2v) is 8.64. The molecule has 28 heavy (non-hydrogen) atoms. The lowest BCUT2D eigenvalue weighted by Crippen LogP contribution is -2.57. The third kappa shape index (κ3) is 5.44. The number of guanidine groups is 1. The van der Waals surface area contributed by atoms with Gasteiger partial charge in [-0.25, -0.2) is 4.98 Å². The molecule has 2 aliphatic heterocycles. The zero-order valence-corrected chi connectivity index (χ0v) is 18.3. The number of aryl methyl sites for hydroxylation is 1. The third-order valence-electron chi connectivity index (χ3n) is 5.57. The fourth-order valence-corrected chi connectivity index (χ4v) is 4.55. The van der Waals surface area contributed by atoms with Gasteiger partial charge in [-0.3, -0.25) is 14.7 Å². The number of nitrogens with one attached hydrogen (secondary N) is 1. The van der Waals surface area contributed by atoms with Crippen LogP contribution >= 0.6 is 11.3 Å². The van der Waals surface area contributed by atoms with Gasteiger partial charge in [-0.15, -0.1) is 11.3 Å². The fourth-order valence-electron chi connectivity index (χ4n) is 3.90. The summed E-state index contributed by atoms with van der Waals surface area (Å²) in [5.74, 6) is 1.28. The first-order valence-electron chi connectivity index (χ1n) is 10.6. The maximum Gasteiger partial charge on any atom is 0.239 e. The summed E-state index contributed by atoms with van der Waals surface area (Å²) >= 11 is 1.69. The van der Waals surface area contributed by atoms with Gasteiger partial charge in [-0.05, 0) is 33.6 Å². The number of rotatable bonds is 6. The summed E-state index contributed by atoms with van der Waals surface area (Å²) in [5, 5.41) is 6.65. The zero-order valence-electron chi connectivity index (χ0n) is 17.5. The normalized spacial score (nSPS) is 19.9. The number of hydrogen-bond acceptors (Lipinski definition) is 5. The Hall–Kier alpha value is -1.67. The van der Waals surface area contributed by atoms with Crippen molar-refractivity contribution in [2.75, 3.05) is 52.4 Å². The number of piperazine rings is 1. The molecule has 0 radical (unpaired) electrons. The van der Waals surface area contributed by atoms with Crippen LogP contribution in [0.5, 0.6) is 0 Å². The monoisotopic (exact) mass is 406 g/mol. The van der Waals surface area contributed by atoms with E-state index in [1.165, 1.54) is 0 Å². The van der Waals surface area contributed by atoms with Crippen molar-refractivity contribution in [1.29, 1.82) is 0 Å². The molecule has 0 bridgehead atoms. The molecule has 2 fully saturated rings. The molecule has 1 unspecified atom stereocenters. The maximum atomic E-state index is 12.7. The van der Waals surface area contributed by atoms with Crippen molar-refractivity contribution in [2.45, 2.75) is 46.1 Å². The molecule has 2 saturated heterocycles. The molecule has 2 aliphatic rings. The molecule has 1 aromatic rings. The average molecular weight is 407 g/mol. The Bertz CT molecular complexity index is 661. The first kappa shape index (κ1) is 21.0. The summed E-state index contributed by atoms with van der Waals surface area (Å²) in [7, 11) is 0. The fraction of sp³-hybridized carbons (Fsp3) is 0.750. The van der Waals surface area contributed by atoms with E-state index in [0.717, 1.165) is 88.3 Å². The van der Waals surface area contributed by atoms with E-state index in [2.05, 4.69) is 39.3 Å². The van der Waals surface area contributed by atoms with Crippen LogP contribution in [0.1, 0.15) is 37.4 Å². The van der Waals surface area contributed by atoms with E-state index in [1.54, 1.807) is 11.3 Å². The van der Waals surface area contributed by atoms with Gasteiger partial charge in [0.2, 0.25) is 5.91 Å². The summed E-state index contributed by atoms with van der Waals surface area (Å²) in [6, 6.07) is -0.0207. The lowest BCUT2D eigenvalue weighted by molar-refractivity contribution is -0.135. The Morgan fingerprint density at radius 1 is 1.21 bits per heavy atom. The van der Waals surface area contributed by atoms with Crippen molar-refractivity contribution in [3.63, 3.8) is 0 Å². The summed E-state index contributed by atoms with van der Waals surface area (Å²) in [6.45, 7) is 13.3. The number of amides is 1. The summed E-state index contributed by atoms with van der Waals surface area (Å²) in [4.78, 5) is 28.7. The molecule has 3 heterocycles. The first-order valence-corrected chi connectivity index (χ1v) is 11.4. The van der Waals surface area contributed by atoms with Crippen molar-refractivity contribution >= 4 is 23.2 Å². The number of likely N-dealkylation sites (tertiary alicyclic amines) is 1. The Balaban J connectivity index is 1.50. The molecule has 0 aliphatic carbocycles. The highest BCUT2D eigenvalue weighted by Crippen LogP contribution is 2.14. The smallest absolute Gasteiger partial charge is 0.239 e. The van der Waals surface area contributed by atoms with Crippen LogP contribution in [0.15, 0.2) is 10.4 Å². The molecule has 0 aromatic carbocycles. The van der Waals surface area contributed by atoms with Crippen LogP contribution in [0.2, 0.25) is 0 Å². The minimum atomic E-state index is -0.0207. The van der Waals surface area contributed by atoms with Gasteiger partial charge < -0.3 is 15.1 Å². The second-order valence-electron chi connectivity index (χ2n) is 7.57. The Labute approximate surface area is 172 Å². The highest BCUT2D eigenvalue weighted by atomic mass is 32.1. The lowest BCUT2D eigenvalue weighted by Gasteiger charge is -2.39. The van der Waals surface area contributed by atoms with E-state index in [9.17, 15) is 4.79 Å². The molecule has 1 amide bonds. The Kier molecular flexibility index (Phi) is 7.67. The van der Waals surface area contributed by atoms with Crippen molar-refractivity contribution in [1.82, 2.24) is 25.0 Å². The highest BCUT2D eigenvalue weighted by molar-refractivity contribution is 7.09. The van der Waals surface area contributed by atoms with E-state index in [0.29, 0.717) is 5.91 Å². The van der Waals surface area contributed by atoms with Crippen LogP contribution in [-0.4, -0.2) is 90.0 Å². The van der Waals surface area contributed by atoms with Crippen LogP contribution in [0, 0.1) is 6.92 Å². The number of nitrogens with zero attached hydrogens (tertiary/aromatic N) is 5. The van der Waals surface area contributed by atoms with Gasteiger partial charge in [0.05, 0.1) is 16.7 Å². The standard InChI is InChI=1S/C20H34N6OS/c1-4-21-20(22-8-7-18-15-28-17(3)23-18)26-13-11-24(12-14-26)16(2)19(27)25-9-5-6-10-25/h15-16H,4-14H2,1-3H3,(H,21,22). The van der Waals surface area contributed by atoms with E-state index in [4.69, 9.17) is 4.99 Å². The van der Waals surface area contributed by atoms with Crippen molar-refractivity contribution in [2.24, 2.45) is 4.99 Å². The van der Waals surface area contributed by atoms with Gasteiger partial charge >= 0.3 is 0 Å². The second kappa shape index (κ2) is 10.2. The quantitative estimate of drug-likeness (QED) is 0.574. The summed E-state index contributed by atoms with van der Waals surface area (Å²) < 4.78 is 0. The molecule has 3 rings (SSSR count). The van der Waals surface area contributed by atoms with E-state index < -0.39 is 0 Å². The van der Waals surface area contributed by atoms with Gasteiger partial charge in [-0.2, -0.15) is 0 Å². The van der Waals surface area contributed by atoms with Crippen LogP contribution in [-0.2, 0) is 11.2 Å². The number of carbonyl (C=O) groups excluding carboxylic acids is 1. The topological polar surface area (TPSA) is 64.1 Å². The van der Waals surface area contributed by atoms with Gasteiger partial charge in [0.1, 0.15) is 0 Å². The molecule has 7 nitrogen and oxygen atoms in total. The van der Waals surface area contributed by atoms with Crippen molar-refractivity contribution in [3.8, 4) is 0 Å². The molecule has 0 saturated carbocycles. The number of carbonyl (C=O) groups is 1. The van der Waals surface area contributed by atoms with E-state index in [1.807, 2.05) is 11.8 Å². The number of thiazole rings is 1. The van der Waals surface area contributed by atoms with Crippen molar-refractivity contribution < 1.29 is 4.79 Å². The number of hydrogen-bond donors (Lipinski definition) is 1. The van der Waals surface area contributed by atoms with Crippen molar-refractivity contribution in [3.05, 3.63) is 16.1 Å². The minimum Gasteiger partial charge on any atom is -0.357 e. The van der Waals surface area contributed by atoms with E-state index >= 15 is 0 Å².